The predicted octanol–water partition coefficient (Wildman–Crippen LogP) is 2.23. The minimum Gasteiger partial charge on any atom is -0.377 e. The van der Waals surface area contributed by atoms with E-state index in [9.17, 15) is 0 Å². The quantitative estimate of drug-likeness (QED) is 0.733. The molecule has 0 aliphatic rings. The van der Waals surface area contributed by atoms with Gasteiger partial charge in [0.25, 0.3) is 0 Å². The van der Waals surface area contributed by atoms with Gasteiger partial charge in [0, 0.05) is 17.7 Å². The fraction of sp³-hybridized carbons (Fsp3) is 0.222. The topological polar surface area (TPSA) is 27.0 Å². The largest absolute Gasteiger partial charge is 0.377 e. The van der Waals surface area contributed by atoms with Crippen LogP contribution in [0.5, 0.6) is 0 Å². The highest BCUT2D eigenvalue weighted by atomic mass is 127. The van der Waals surface area contributed by atoms with E-state index in [4.69, 9.17) is 5.26 Å². The molecular formula is C9H9IN2. The highest BCUT2D eigenvalue weighted by molar-refractivity contribution is 14.1. The zero-order chi connectivity index (χ0) is 9.14. The zero-order valence-corrected chi connectivity index (χ0v) is 9.16. The van der Waals surface area contributed by atoms with Gasteiger partial charge in [-0.15, -0.1) is 0 Å². The van der Waals surface area contributed by atoms with E-state index in [0.717, 1.165) is 14.8 Å². The molecule has 0 saturated carbocycles. The van der Waals surface area contributed by atoms with Crippen molar-refractivity contribution in [1.29, 1.82) is 5.26 Å². The van der Waals surface area contributed by atoms with E-state index in [0.29, 0.717) is 0 Å². The number of rotatable bonds is 1. The van der Waals surface area contributed by atoms with Crippen LogP contribution < -0.4 is 4.90 Å². The molecule has 0 spiro atoms. The molecule has 0 atom stereocenters. The standard InChI is InChI=1S/C9H9IN2/c1-12(2)9-4-3-8(10)5-7(9)6-11/h3-5H,1-2H3. The van der Waals surface area contributed by atoms with Crippen molar-refractivity contribution in [2.45, 2.75) is 0 Å². The van der Waals surface area contributed by atoms with Crippen LogP contribution >= 0.6 is 22.6 Å². The van der Waals surface area contributed by atoms with Gasteiger partial charge in [-0.3, -0.25) is 0 Å². The molecule has 1 rings (SSSR count). The Morgan fingerprint density at radius 1 is 1.42 bits per heavy atom. The lowest BCUT2D eigenvalue weighted by molar-refractivity contribution is 1.12. The number of nitriles is 1. The molecule has 0 bridgehead atoms. The van der Waals surface area contributed by atoms with Crippen molar-refractivity contribution in [1.82, 2.24) is 0 Å². The number of halogens is 1. The first kappa shape index (κ1) is 9.33. The first-order chi connectivity index (χ1) is 5.65. The molecule has 0 unspecified atom stereocenters. The fourth-order valence-corrected chi connectivity index (χ4v) is 1.48. The number of hydrogen-bond donors (Lipinski definition) is 0. The average molecular weight is 272 g/mol. The lowest BCUT2D eigenvalue weighted by Gasteiger charge is -2.13. The van der Waals surface area contributed by atoms with E-state index in [-0.39, 0.29) is 0 Å². The van der Waals surface area contributed by atoms with E-state index >= 15 is 0 Å². The first-order valence-corrected chi connectivity index (χ1v) is 4.60. The number of anilines is 1. The van der Waals surface area contributed by atoms with Crippen LogP contribution in [0.4, 0.5) is 5.69 Å². The van der Waals surface area contributed by atoms with E-state index in [1.807, 2.05) is 37.2 Å². The molecular weight excluding hydrogens is 263 g/mol. The maximum absolute atomic E-state index is 8.81. The average Bonchev–Trinajstić information content (AvgIpc) is 2.03. The molecule has 0 fully saturated rings. The summed E-state index contributed by atoms with van der Waals surface area (Å²) < 4.78 is 1.09. The molecule has 3 heteroatoms. The molecule has 0 saturated heterocycles. The maximum Gasteiger partial charge on any atom is 0.101 e. The van der Waals surface area contributed by atoms with Crippen LogP contribution in [0, 0.1) is 14.9 Å². The van der Waals surface area contributed by atoms with Crippen LogP contribution in [0.3, 0.4) is 0 Å². The molecule has 62 valence electrons. The summed E-state index contributed by atoms with van der Waals surface area (Å²) in [5.41, 5.74) is 1.70. The fourth-order valence-electron chi connectivity index (χ4n) is 0.988. The molecule has 0 heterocycles. The van der Waals surface area contributed by atoms with Gasteiger partial charge in [0.2, 0.25) is 0 Å². The Hall–Kier alpha value is -0.760. The van der Waals surface area contributed by atoms with Crippen LogP contribution in [0.1, 0.15) is 5.56 Å². The van der Waals surface area contributed by atoms with Crippen molar-refractivity contribution in [3.63, 3.8) is 0 Å². The SMILES string of the molecule is CN(C)c1ccc(I)cc1C#N. The molecule has 2 nitrogen and oxygen atoms in total. The third kappa shape index (κ3) is 1.89. The van der Waals surface area contributed by atoms with Crippen molar-refractivity contribution in [2.24, 2.45) is 0 Å². The van der Waals surface area contributed by atoms with Crippen molar-refractivity contribution in [3.05, 3.63) is 27.3 Å². The van der Waals surface area contributed by atoms with Crippen molar-refractivity contribution in [2.75, 3.05) is 19.0 Å². The summed E-state index contributed by atoms with van der Waals surface area (Å²) in [6, 6.07) is 8.01. The normalized spacial score (nSPS) is 9.17. The number of hydrogen-bond acceptors (Lipinski definition) is 2. The van der Waals surface area contributed by atoms with Gasteiger partial charge in [-0.25, -0.2) is 0 Å². The van der Waals surface area contributed by atoms with Gasteiger partial charge in [-0.1, -0.05) is 0 Å². The summed E-state index contributed by atoms with van der Waals surface area (Å²) in [4.78, 5) is 1.94. The van der Waals surface area contributed by atoms with Crippen LogP contribution in [-0.4, -0.2) is 14.1 Å². The Morgan fingerprint density at radius 2 is 2.08 bits per heavy atom. The summed E-state index contributed by atoms with van der Waals surface area (Å²) in [5.74, 6) is 0. The highest BCUT2D eigenvalue weighted by Crippen LogP contribution is 2.19. The first-order valence-electron chi connectivity index (χ1n) is 3.52. The van der Waals surface area contributed by atoms with Crippen LogP contribution in [0.15, 0.2) is 18.2 Å². The van der Waals surface area contributed by atoms with E-state index in [2.05, 4.69) is 28.7 Å². The summed E-state index contributed by atoms with van der Waals surface area (Å²) in [6.07, 6.45) is 0. The van der Waals surface area contributed by atoms with Gasteiger partial charge < -0.3 is 4.90 Å². The lowest BCUT2D eigenvalue weighted by atomic mass is 10.2. The lowest BCUT2D eigenvalue weighted by Crippen LogP contribution is -2.10. The summed E-state index contributed by atoms with van der Waals surface area (Å²) in [7, 11) is 3.87. The predicted molar refractivity (Wildman–Crippen MR) is 58.2 cm³/mol. The van der Waals surface area contributed by atoms with Gasteiger partial charge in [0.05, 0.1) is 11.3 Å². The van der Waals surface area contributed by atoms with Gasteiger partial charge in [-0.05, 0) is 40.8 Å². The molecule has 0 aliphatic carbocycles. The summed E-state index contributed by atoms with van der Waals surface area (Å²) in [5, 5.41) is 8.81. The van der Waals surface area contributed by atoms with Crippen molar-refractivity contribution in [3.8, 4) is 6.07 Å². The Labute approximate surface area is 85.9 Å². The Kier molecular flexibility index (Phi) is 2.93. The molecule has 0 aliphatic heterocycles. The second-order valence-corrected chi connectivity index (χ2v) is 3.91. The highest BCUT2D eigenvalue weighted by Gasteiger charge is 2.03. The molecule has 1 aromatic carbocycles. The van der Waals surface area contributed by atoms with Crippen LogP contribution in [0.2, 0.25) is 0 Å². The third-order valence-corrected chi connectivity index (χ3v) is 2.23. The maximum atomic E-state index is 8.81. The summed E-state index contributed by atoms with van der Waals surface area (Å²) >= 11 is 2.20. The van der Waals surface area contributed by atoms with Crippen molar-refractivity contribution < 1.29 is 0 Å². The Morgan fingerprint density at radius 3 is 2.58 bits per heavy atom. The van der Waals surface area contributed by atoms with E-state index < -0.39 is 0 Å². The van der Waals surface area contributed by atoms with E-state index in [1.165, 1.54) is 0 Å². The second-order valence-electron chi connectivity index (χ2n) is 2.67. The van der Waals surface area contributed by atoms with Crippen LogP contribution in [-0.2, 0) is 0 Å². The monoisotopic (exact) mass is 272 g/mol. The smallest absolute Gasteiger partial charge is 0.101 e. The molecule has 0 radical (unpaired) electrons. The Bertz CT molecular complexity index is 326. The third-order valence-electron chi connectivity index (χ3n) is 1.56. The molecule has 0 aromatic heterocycles. The minimum absolute atomic E-state index is 0.729. The molecule has 0 amide bonds. The second kappa shape index (κ2) is 3.76. The van der Waals surface area contributed by atoms with Crippen molar-refractivity contribution >= 4 is 28.3 Å². The van der Waals surface area contributed by atoms with E-state index in [1.54, 1.807) is 0 Å². The Balaban J connectivity index is 3.23. The zero-order valence-electron chi connectivity index (χ0n) is 7.00. The molecule has 0 N–H and O–H groups in total. The van der Waals surface area contributed by atoms with Gasteiger partial charge in [-0.2, -0.15) is 5.26 Å². The van der Waals surface area contributed by atoms with Gasteiger partial charge >= 0.3 is 0 Å². The van der Waals surface area contributed by atoms with Crippen LogP contribution in [0.25, 0.3) is 0 Å². The minimum atomic E-state index is 0.729. The summed E-state index contributed by atoms with van der Waals surface area (Å²) in [6.45, 7) is 0. The van der Waals surface area contributed by atoms with Gasteiger partial charge in [0.15, 0.2) is 0 Å². The number of nitrogens with zero attached hydrogens (tertiary/aromatic N) is 2. The molecule has 12 heavy (non-hydrogen) atoms. The number of benzene rings is 1. The van der Waals surface area contributed by atoms with Gasteiger partial charge in [0.1, 0.15) is 6.07 Å². The molecule has 1 aromatic rings.